The summed E-state index contributed by atoms with van der Waals surface area (Å²) >= 11 is 3.34. The van der Waals surface area contributed by atoms with Crippen LogP contribution in [-0.2, 0) is 10.5 Å². The molecule has 1 rings (SSSR count). The zero-order chi connectivity index (χ0) is 11.4. The van der Waals surface area contributed by atoms with Crippen LogP contribution in [0.4, 0.5) is 0 Å². The van der Waals surface area contributed by atoms with Crippen molar-refractivity contribution in [3.05, 3.63) is 15.6 Å². The molecule has 84 valence electrons. The third-order valence-corrected chi connectivity index (χ3v) is 4.46. The highest BCUT2D eigenvalue weighted by Gasteiger charge is 2.10. The second kappa shape index (κ2) is 5.51. The number of hydrogen-bond donors (Lipinski definition) is 1. The van der Waals surface area contributed by atoms with Crippen molar-refractivity contribution in [1.82, 2.24) is 4.98 Å². The molecule has 1 aromatic rings. The normalized spacial score (nSPS) is 12.7. The molecule has 0 saturated carbocycles. The van der Waals surface area contributed by atoms with Crippen LogP contribution in [0.5, 0.6) is 0 Å². The van der Waals surface area contributed by atoms with E-state index in [9.17, 15) is 4.79 Å². The quantitative estimate of drug-likeness (QED) is 0.866. The zero-order valence-electron chi connectivity index (χ0n) is 9.11. The molecule has 1 atom stereocenters. The van der Waals surface area contributed by atoms with Gasteiger partial charge in [0.25, 0.3) is 0 Å². The molecule has 0 saturated heterocycles. The van der Waals surface area contributed by atoms with Crippen molar-refractivity contribution >= 4 is 29.1 Å². The molecule has 0 aromatic carbocycles. The molecule has 15 heavy (non-hydrogen) atoms. The Morgan fingerprint density at radius 1 is 1.60 bits per heavy atom. The molecule has 0 fully saturated rings. The number of thioether (sulfide) groups is 1. The smallest absolute Gasteiger partial charge is 0.304 e. The minimum Gasteiger partial charge on any atom is -0.481 e. The summed E-state index contributed by atoms with van der Waals surface area (Å²) in [4.78, 5) is 16.1. The third-order valence-electron chi connectivity index (χ3n) is 2.03. The summed E-state index contributed by atoms with van der Waals surface area (Å²) in [5.41, 5.74) is 1.08. The Hall–Kier alpha value is -0.550. The van der Waals surface area contributed by atoms with Crippen molar-refractivity contribution in [2.75, 3.05) is 0 Å². The molecule has 5 heteroatoms. The van der Waals surface area contributed by atoms with E-state index in [-0.39, 0.29) is 11.7 Å². The van der Waals surface area contributed by atoms with E-state index in [2.05, 4.69) is 11.9 Å². The largest absolute Gasteiger partial charge is 0.481 e. The highest BCUT2D eigenvalue weighted by Crippen LogP contribution is 2.24. The Bertz CT molecular complexity index is 330. The second-order valence-electron chi connectivity index (χ2n) is 3.47. The summed E-state index contributed by atoms with van der Waals surface area (Å²) in [5, 5.41) is 9.84. The Morgan fingerprint density at radius 2 is 2.27 bits per heavy atom. The van der Waals surface area contributed by atoms with Gasteiger partial charge in [-0.15, -0.1) is 11.3 Å². The molecular formula is C10H15NO2S2. The fourth-order valence-corrected chi connectivity index (χ4v) is 3.04. The molecule has 0 bridgehead atoms. The predicted octanol–water partition coefficient (Wildman–Crippen LogP) is 2.86. The van der Waals surface area contributed by atoms with Crippen LogP contribution in [0.15, 0.2) is 0 Å². The first-order valence-corrected chi connectivity index (χ1v) is 6.62. The molecule has 0 aliphatic carbocycles. The van der Waals surface area contributed by atoms with Crippen LogP contribution in [0.1, 0.15) is 28.9 Å². The topological polar surface area (TPSA) is 50.2 Å². The zero-order valence-corrected chi connectivity index (χ0v) is 10.7. The van der Waals surface area contributed by atoms with Crippen LogP contribution in [-0.4, -0.2) is 21.3 Å². The molecule has 1 unspecified atom stereocenters. The van der Waals surface area contributed by atoms with Crippen molar-refractivity contribution in [2.45, 2.75) is 38.2 Å². The van der Waals surface area contributed by atoms with Gasteiger partial charge in [0.2, 0.25) is 0 Å². The lowest BCUT2D eigenvalue weighted by molar-refractivity contribution is -0.136. The number of nitrogens with zero attached hydrogens (tertiary/aromatic N) is 1. The minimum absolute atomic E-state index is 0.145. The van der Waals surface area contributed by atoms with Crippen LogP contribution in [0, 0.1) is 13.8 Å². The number of aryl methyl sites for hydroxylation is 2. The summed E-state index contributed by atoms with van der Waals surface area (Å²) < 4.78 is 0. The van der Waals surface area contributed by atoms with Gasteiger partial charge in [-0.25, -0.2) is 4.98 Å². The Balaban J connectivity index is 2.40. The first kappa shape index (κ1) is 12.5. The van der Waals surface area contributed by atoms with Crippen molar-refractivity contribution in [3.63, 3.8) is 0 Å². The predicted molar refractivity (Wildman–Crippen MR) is 64.6 cm³/mol. The fourth-order valence-electron chi connectivity index (χ4n) is 1.12. The number of carboxylic acid groups (broad SMARTS) is 1. The van der Waals surface area contributed by atoms with Crippen LogP contribution in [0.25, 0.3) is 0 Å². The van der Waals surface area contributed by atoms with Crippen LogP contribution < -0.4 is 0 Å². The average Bonchev–Trinajstić information content (AvgIpc) is 2.42. The average molecular weight is 245 g/mol. The molecule has 1 aromatic heterocycles. The van der Waals surface area contributed by atoms with Crippen molar-refractivity contribution < 1.29 is 9.90 Å². The van der Waals surface area contributed by atoms with Crippen LogP contribution >= 0.6 is 23.1 Å². The third kappa shape index (κ3) is 4.22. The van der Waals surface area contributed by atoms with Gasteiger partial charge in [-0.05, 0) is 13.8 Å². The summed E-state index contributed by atoms with van der Waals surface area (Å²) in [6.07, 6.45) is 0.216. The maximum atomic E-state index is 10.5. The SMILES string of the molecule is Cc1nc(CSC(C)CC(=O)O)sc1C. The summed E-state index contributed by atoms with van der Waals surface area (Å²) in [5.74, 6) is 0.0786. The fraction of sp³-hybridized carbons (Fsp3) is 0.600. The van der Waals surface area contributed by atoms with E-state index in [1.165, 1.54) is 4.88 Å². The van der Waals surface area contributed by atoms with Gasteiger partial charge in [-0.1, -0.05) is 6.92 Å². The molecule has 0 aliphatic rings. The summed E-state index contributed by atoms with van der Waals surface area (Å²) in [6.45, 7) is 5.99. The van der Waals surface area contributed by atoms with Crippen molar-refractivity contribution in [2.24, 2.45) is 0 Å². The van der Waals surface area contributed by atoms with Gasteiger partial charge >= 0.3 is 5.97 Å². The second-order valence-corrected chi connectivity index (χ2v) is 6.18. The highest BCUT2D eigenvalue weighted by atomic mass is 32.2. The van der Waals surface area contributed by atoms with E-state index >= 15 is 0 Å². The van der Waals surface area contributed by atoms with Gasteiger partial charge in [0.15, 0.2) is 0 Å². The maximum Gasteiger partial charge on any atom is 0.304 e. The lowest BCUT2D eigenvalue weighted by Crippen LogP contribution is -2.05. The number of carbonyl (C=O) groups is 1. The Labute approximate surface area is 97.9 Å². The Morgan fingerprint density at radius 3 is 2.73 bits per heavy atom. The summed E-state index contributed by atoms with van der Waals surface area (Å²) in [6, 6.07) is 0. The van der Waals surface area contributed by atoms with E-state index in [0.29, 0.717) is 0 Å². The maximum absolute atomic E-state index is 10.5. The number of aliphatic carboxylic acids is 1. The molecule has 0 radical (unpaired) electrons. The lowest BCUT2D eigenvalue weighted by atomic mass is 10.3. The van der Waals surface area contributed by atoms with E-state index in [1.54, 1.807) is 23.1 Å². The minimum atomic E-state index is -0.735. The number of rotatable bonds is 5. The van der Waals surface area contributed by atoms with E-state index in [1.807, 2.05) is 13.8 Å². The Kier molecular flexibility index (Phi) is 4.60. The molecule has 3 nitrogen and oxygen atoms in total. The van der Waals surface area contributed by atoms with Gasteiger partial charge in [0.05, 0.1) is 12.1 Å². The molecule has 0 aliphatic heterocycles. The monoisotopic (exact) mass is 245 g/mol. The molecule has 0 amide bonds. The first-order chi connectivity index (χ1) is 6.99. The number of carboxylic acids is 1. The van der Waals surface area contributed by atoms with E-state index < -0.39 is 5.97 Å². The van der Waals surface area contributed by atoms with Crippen molar-refractivity contribution in [1.29, 1.82) is 0 Å². The molecule has 0 spiro atoms. The van der Waals surface area contributed by atoms with Crippen LogP contribution in [0.3, 0.4) is 0 Å². The van der Waals surface area contributed by atoms with E-state index in [0.717, 1.165) is 16.5 Å². The standard InChI is InChI=1S/C10H15NO2S2/c1-6(4-10(12)13)14-5-9-11-7(2)8(3)15-9/h6H,4-5H2,1-3H3,(H,12,13). The molecule has 1 heterocycles. The van der Waals surface area contributed by atoms with Gasteiger partial charge < -0.3 is 5.11 Å². The van der Waals surface area contributed by atoms with Crippen molar-refractivity contribution in [3.8, 4) is 0 Å². The molecular weight excluding hydrogens is 230 g/mol. The number of aromatic nitrogens is 1. The number of hydrogen-bond acceptors (Lipinski definition) is 4. The van der Waals surface area contributed by atoms with Gasteiger partial charge in [0.1, 0.15) is 5.01 Å². The first-order valence-electron chi connectivity index (χ1n) is 4.75. The van der Waals surface area contributed by atoms with Gasteiger partial charge in [-0.3, -0.25) is 4.79 Å². The molecule has 1 N–H and O–H groups in total. The summed E-state index contributed by atoms with van der Waals surface area (Å²) in [7, 11) is 0. The van der Waals surface area contributed by atoms with Gasteiger partial charge in [0, 0.05) is 15.9 Å². The highest BCUT2D eigenvalue weighted by molar-refractivity contribution is 7.99. The van der Waals surface area contributed by atoms with Crippen LogP contribution in [0.2, 0.25) is 0 Å². The lowest BCUT2D eigenvalue weighted by Gasteiger charge is -2.05. The number of thiazole rings is 1. The van der Waals surface area contributed by atoms with Gasteiger partial charge in [-0.2, -0.15) is 11.8 Å². The van der Waals surface area contributed by atoms with E-state index in [4.69, 9.17) is 5.11 Å².